The van der Waals surface area contributed by atoms with Crippen LogP contribution in [-0.4, -0.2) is 11.8 Å². The fraction of sp³-hybridized carbons (Fsp3) is 0.316. The van der Waals surface area contributed by atoms with E-state index < -0.39 is 0 Å². The highest BCUT2D eigenvalue weighted by Crippen LogP contribution is 2.35. The van der Waals surface area contributed by atoms with Crippen molar-refractivity contribution in [3.63, 3.8) is 0 Å². The summed E-state index contributed by atoms with van der Waals surface area (Å²) in [6, 6.07) is 13.3. The molecule has 0 aromatic heterocycles. The van der Waals surface area contributed by atoms with Crippen LogP contribution in [0.1, 0.15) is 48.0 Å². The van der Waals surface area contributed by atoms with Gasteiger partial charge in [-0.05, 0) is 55.3 Å². The SMILES string of the molecule is O=C(c1ccc(Cl)cc1)c1ccc2c(c1)N(C1CCCCC1)NN2. The highest BCUT2D eigenvalue weighted by atomic mass is 35.5. The third-order valence-electron chi connectivity index (χ3n) is 4.88. The average Bonchev–Trinajstić information content (AvgIpc) is 3.05. The molecule has 1 aliphatic carbocycles. The van der Waals surface area contributed by atoms with Crippen LogP contribution in [0.25, 0.3) is 0 Å². The molecule has 0 bridgehead atoms. The number of hydrogen-bond donors (Lipinski definition) is 2. The van der Waals surface area contributed by atoms with Crippen LogP contribution in [0.3, 0.4) is 0 Å². The minimum absolute atomic E-state index is 0.0185. The summed E-state index contributed by atoms with van der Waals surface area (Å²) in [5.41, 5.74) is 9.90. The van der Waals surface area contributed by atoms with E-state index in [1.165, 1.54) is 32.1 Å². The van der Waals surface area contributed by atoms with E-state index in [9.17, 15) is 4.79 Å². The number of hydrogen-bond acceptors (Lipinski definition) is 4. The summed E-state index contributed by atoms with van der Waals surface area (Å²) in [6.07, 6.45) is 6.22. The number of carbonyl (C=O) groups excluding carboxylic acids is 1. The van der Waals surface area contributed by atoms with Gasteiger partial charge in [-0.2, -0.15) is 0 Å². The number of halogens is 1. The van der Waals surface area contributed by atoms with Crippen molar-refractivity contribution in [2.24, 2.45) is 0 Å². The summed E-state index contributed by atoms with van der Waals surface area (Å²) in [5.74, 6) is 0.0185. The predicted octanol–water partition coefficient (Wildman–Crippen LogP) is 4.56. The zero-order chi connectivity index (χ0) is 16.5. The molecule has 0 spiro atoms. The van der Waals surface area contributed by atoms with Gasteiger partial charge >= 0.3 is 0 Å². The number of benzene rings is 2. The van der Waals surface area contributed by atoms with Crippen LogP contribution in [0.2, 0.25) is 5.02 Å². The van der Waals surface area contributed by atoms with Crippen LogP contribution < -0.4 is 16.0 Å². The van der Waals surface area contributed by atoms with Gasteiger partial charge in [0.15, 0.2) is 5.78 Å². The molecule has 4 rings (SSSR count). The lowest BCUT2D eigenvalue weighted by molar-refractivity contribution is 0.103. The van der Waals surface area contributed by atoms with Crippen molar-refractivity contribution in [1.82, 2.24) is 5.53 Å². The molecule has 2 N–H and O–H groups in total. The van der Waals surface area contributed by atoms with Crippen molar-refractivity contribution >= 4 is 28.8 Å². The van der Waals surface area contributed by atoms with Crippen molar-refractivity contribution in [2.45, 2.75) is 38.1 Å². The summed E-state index contributed by atoms with van der Waals surface area (Å²) < 4.78 is 0. The van der Waals surface area contributed by atoms with Gasteiger partial charge in [0.25, 0.3) is 0 Å². The van der Waals surface area contributed by atoms with Gasteiger partial charge < -0.3 is 5.43 Å². The molecule has 0 atom stereocenters. The molecule has 124 valence electrons. The predicted molar refractivity (Wildman–Crippen MR) is 97.4 cm³/mol. The lowest BCUT2D eigenvalue weighted by Gasteiger charge is -2.31. The van der Waals surface area contributed by atoms with Gasteiger partial charge in [-0.25, -0.2) is 0 Å². The molecule has 1 saturated carbocycles. The number of ketones is 1. The van der Waals surface area contributed by atoms with Gasteiger partial charge in [-0.15, -0.1) is 5.53 Å². The number of fused-ring (bicyclic) bond motifs is 1. The number of hydrazine groups is 2. The molecule has 24 heavy (non-hydrogen) atoms. The Balaban J connectivity index is 1.62. The Morgan fingerprint density at radius 3 is 2.46 bits per heavy atom. The molecule has 2 aromatic carbocycles. The average molecular weight is 342 g/mol. The van der Waals surface area contributed by atoms with Gasteiger partial charge in [0.1, 0.15) is 0 Å². The third-order valence-corrected chi connectivity index (χ3v) is 5.13. The summed E-state index contributed by atoms with van der Waals surface area (Å²) in [6.45, 7) is 0. The van der Waals surface area contributed by atoms with Gasteiger partial charge in [-0.1, -0.05) is 30.9 Å². The number of carbonyl (C=O) groups is 1. The standard InChI is InChI=1S/C19H20ClN3O/c20-15-9-6-13(7-10-15)19(24)14-8-11-17-18(12-14)23(22-21-17)16-4-2-1-3-5-16/h6-12,16,21-22H,1-5H2. The number of rotatable bonds is 3. The highest BCUT2D eigenvalue weighted by Gasteiger charge is 2.28. The molecule has 1 aliphatic heterocycles. The quantitative estimate of drug-likeness (QED) is 0.803. The van der Waals surface area contributed by atoms with Crippen LogP contribution in [0, 0.1) is 0 Å². The Kier molecular flexibility index (Phi) is 4.17. The van der Waals surface area contributed by atoms with Crippen molar-refractivity contribution < 1.29 is 4.79 Å². The summed E-state index contributed by atoms with van der Waals surface area (Å²) in [4.78, 5) is 12.7. The Labute approximate surface area is 146 Å². The highest BCUT2D eigenvalue weighted by molar-refractivity contribution is 6.30. The molecular weight excluding hydrogens is 322 g/mol. The first kappa shape index (κ1) is 15.5. The maximum Gasteiger partial charge on any atom is 0.193 e. The number of nitrogens with one attached hydrogen (secondary N) is 2. The second-order valence-electron chi connectivity index (χ2n) is 6.47. The lowest BCUT2D eigenvalue weighted by atomic mass is 9.94. The van der Waals surface area contributed by atoms with E-state index >= 15 is 0 Å². The maximum absolute atomic E-state index is 12.7. The van der Waals surface area contributed by atoms with E-state index in [4.69, 9.17) is 11.6 Å². The van der Waals surface area contributed by atoms with Gasteiger partial charge in [0, 0.05) is 22.2 Å². The van der Waals surface area contributed by atoms with Gasteiger partial charge in [-0.3, -0.25) is 9.80 Å². The zero-order valence-electron chi connectivity index (χ0n) is 13.4. The van der Waals surface area contributed by atoms with Crippen molar-refractivity contribution in [2.75, 3.05) is 10.4 Å². The summed E-state index contributed by atoms with van der Waals surface area (Å²) in [7, 11) is 0. The van der Waals surface area contributed by atoms with E-state index in [2.05, 4.69) is 16.0 Å². The van der Waals surface area contributed by atoms with E-state index in [1.54, 1.807) is 24.3 Å². The fourth-order valence-corrected chi connectivity index (χ4v) is 3.68. The molecule has 2 aromatic rings. The topological polar surface area (TPSA) is 44.4 Å². The molecule has 0 unspecified atom stereocenters. The zero-order valence-corrected chi connectivity index (χ0v) is 14.1. The minimum atomic E-state index is 0.0185. The summed E-state index contributed by atoms with van der Waals surface area (Å²) >= 11 is 5.91. The normalized spacial score (nSPS) is 17.5. The van der Waals surface area contributed by atoms with Crippen molar-refractivity contribution in [1.29, 1.82) is 0 Å². The Hall–Kier alpha value is -2.04. The first-order chi connectivity index (χ1) is 11.7. The number of nitrogens with zero attached hydrogens (tertiary/aromatic N) is 1. The third kappa shape index (κ3) is 2.87. The van der Waals surface area contributed by atoms with Crippen LogP contribution in [-0.2, 0) is 0 Å². The molecule has 1 fully saturated rings. The minimum Gasteiger partial charge on any atom is -0.302 e. The monoisotopic (exact) mass is 341 g/mol. The molecule has 2 aliphatic rings. The molecular formula is C19H20ClN3O. The van der Waals surface area contributed by atoms with Crippen LogP contribution in [0.4, 0.5) is 11.4 Å². The Morgan fingerprint density at radius 1 is 1.00 bits per heavy atom. The Bertz CT molecular complexity index is 754. The molecule has 0 radical (unpaired) electrons. The second-order valence-corrected chi connectivity index (χ2v) is 6.90. The van der Waals surface area contributed by atoms with Crippen LogP contribution in [0.5, 0.6) is 0 Å². The van der Waals surface area contributed by atoms with E-state index in [1.807, 2.05) is 18.2 Å². The molecule has 0 amide bonds. The fourth-order valence-electron chi connectivity index (χ4n) is 3.55. The molecule has 5 heteroatoms. The van der Waals surface area contributed by atoms with Gasteiger partial charge in [0.05, 0.1) is 11.4 Å². The Morgan fingerprint density at radius 2 is 1.71 bits per heavy atom. The molecule has 1 heterocycles. The van der Waals surface area contributed by atoms with E-state index in [0.717, 1.165) is 11.4 Å². The van der Waals surface area contributed by atoms with E-state index in [0.29, 0.717) is 22.2 Å². The first-order valence-corrected chi connectivity index (χ1v) is 8.85. The molecule has 0 saturated heterocycles. The van der Waals surface area contributed by atoms with E-state index in [-0.39, 0.29) is 5.78 Å². The smallest absolute Gasteiger partial charge is 0.193 e. The van der Waals surface area contributed by atoms with Crippen molar-refractivity contribution in [3.05, 3.63) is 58.6 Å². The second kappa shape index (κ2) is 6.46. The first-order valence-electron chi connectivity index (χ1n) is 8.47. The van der Waals surface area contributed by atoms with Crippen LogP contribution in [0.15, 0.2) is 42.5 Å². The van der Waals surface area contributed by atoms with Crippen molar-refractivity contribution in [3.8, 4) is 0 Å². The largest absolute Gasteiger partial charge is 0.302 e. The maximum atomic E-state index is 12.7. The summed E-state index contributed by atoms with van der Waals surface area (Å²) in [5, 5.41) is 2.82. The molecule has 4 nitrogen and oxygen atoms in total. The lowest BCUT2D eigenvalue weighted by Crippen LogP contribution is -2.45. The number of anilines is 2. The van der Waals surface area contributed by atoms with Crippen LogP contribution >= 0.6 is 11.6 Å². The van der Waals surface area contributed by atoms with Gasteiger partial charge in [0.2, 0.25) is 0 Å².